The smallest absolute Gasteiger partial charge is 0.165 e. The van der Waals surface area contributed by atoms with Crippen LogP contribution < -0.4 is 15.2 Å². The number of ether oxygens (including phenoxy) is 2. The lowest BCUT2D eigenvalue weighted by molar-refractivity contribution is 0.211. The highest BCUT2D eigenvalue weighted by atomic mass is 19.1. The van der Waals surface area contributed by atoms with Gasteiger partial charge in [0.2, 0.25) is 0 Å². The number of halogens is 1. The Bertz CT molecular complexity index is 531. The third-order valence-corrected chi connectivity index (χ3v) is 2.78. The molecule has 0 aromatic heterocycles. The summed E-state index contributed by atoms with van der Waals surface area (Å²) in [7, 11) is 0. The summed E-state index contributed by atoms with van der Waals surface area (Å²) in [5.41, 5.74) is 6.30. The third kappa shape index (κ3) is 4.24. The Morgan fingerprint density at radius 2 is 1.70 bits per heavy atom. The molecule has 2 aromatic carbocycles. The molecule has 0 radical (unpaired) electrons. The zero-order valence-electron chi connectivity index (χ0n) is 11.2. The van der Waals surface area contributed by atoms with Crippen LogP contribution in [0.2, 0.25) is 0 Å². The Morgan fingerprint density at radius 3 is 2.40 bits per heavy atom. The van der Waals surface area contributed by atoms with Crippen LogP contribution in [0.15, 0.2) is 48.5 Å². The van der Waals surface area contributed by atoms with Gasteiger partial charge in [-0.15, -0.1) is 0 Å². The van der Waals surface area contributed by atoms with Crippen molar-refractivity contribution in [1.29, 1.82) is 0 Å². The molecular weight excluding hydrogens is 257 g/mol. The van der Waals surface area contributed by atoms with E-state index >= 15 is 0 Å². The van der Waals surface area contributed by atoms with Crippen molar-refractivity contribution < 1.29 is 13.9 Å². The first-order chi connectivity index (χ1) is 9.79. The molecule has 2 rings (SSSR count). The standard InChI is InChI=1S/C16H18FNO2/c17-15-12-13(8-9-18)6-7-16(15)20-11-10-19-14-4-2-1-3-5-14/h1-7,12H,8-11,18H2. The number of hydrogen-bond donors (Lipinski definition) is 1. The fraction of sp³-hybridized carbons (Fsp3) is 0.250. The Hall–Kier alpha value is -2.07. The zero-order valence-corrected chi connectivity index (χ0v) is 11.2. The van der Waals surface area contributed by atoms with Gasteiger partial charge in [-0.3, -0.25) is 0 Å². The van der Waals surface area contributed by atoms with E-state index in [1.807, 2.05) is 36.4 Å². The highest BCUT2D eigenvalue weighted by molar-refractivity contribution is 5.29. The molecule has 3 nitrogen and oxygen atoms in total. The lowest BCUT2D eigenvalue weighted by atomic mass is 10.1. The molecule has 0 amide bonds. The van der Waals surface area contributed by atoms with Crippen molar-refractivity contribution >= 4 is 0 Å². The molecule has 0 unspecified atom stereocenters. The Morgan fingerprint density at radius 1 is 0.950 bits per heavy atom. The lowest BCUT2D eigenvalue weighted by Crippen LogP contribution is -2.10. The normalized spacial score (nSPS) is 10.3. The number of hydrogen-bond acceptors (Lipinski definition) is 3. The van der Waals surface area contributed by atoms with Gasteiger partial charge in [-0.2, -0.15) is 0 Å². The SMILES string of the molecule is NCCc1ccc(OCCOc2ccccc2)c(F)c1. The van der Waals surface area contributed by atoms with Gasteiger partial charge in [-0.25, -0.2) is 4.39 Å². The van der Waals surface area contributed by atoms with Gasteiger partial charge >= 0.3 is 0 Å². The average Bonchev–Trinajstić information content (AvgIpc) is 2.47. The molecule has 0 saturated carbocycles. The summed E-state index contributed by atoms with van der Waals surface area (Å²) in [5, 5.41) is 0. The first-order valence-corrected chi connectivity index (χ1v) is 6.59. The van der Waals surface area contributed by atoms with Crippen LogP contribution >= 0.6 is 0 Å². The Kier molecular flexibility index (Phi) is 5.38. The van der Waals surface area contributed by atoms with Crippen LogP contribution in [-0.4, -0.2) is 19.8 Å². The van der Waals surface area contributed by atoms with Gasteiger partial charge in [0.1, 0.15) is 19.0 Å². The Labute approximate surface area is 118 Å². The fourth-order valence-electron chi connectivity index (χ4n) is 1.81. The monoisotopic (exact) mass is 275 g/mol. The van der Waals surface area contributed by atoms with Crippen molar-refractivity contribution in [1.82, 2.24) is 0 Å². The molecule has 0 aliphatic rings. The van der Waals surface area contributed by atoms with Crippen molar-refractivity contribution in [3.63, 3.8) is 0 Å². The summed E-state index contributed by atoms with van der Waals surface area (Å²) in [6.07, 6.45) is 0.661. The predicted octanol–water partition coefficient (Wildman–Crippen LogP) is 2.78. The number of rotatable bonds is 7. The van der Waals surface area contributed by atoms with Crippen LogP contribution in [-0.2, 0) is 6.42 Å². The number of nitrogens with two attached hydrogens (primary N) is 1. The minimum atomic E-state index is -0.365. The third-order valence-electron chi connectivity index (χ3n) is 2.78. The van der Waals surface area contributed by atoms with Gasteiger partial charge in [0, 0.05) is 0 Å². The van der Waals surface area contributed by atoms with Crippen molar-refractivity contribution in [3.8, 4) is 11.5 Å². The summed E-state index contributed by atoms with van der Waals surface area (Å²) >= 11 is 0. The quantitative estimate of drug-likeness (QED) is 0.790. The van der Waals surface area contributed by atoms with Crippen LogP contribution in [0, 0.1) is 5.82 Å². The maximum Gasteiger partial charge on any atom is 0.165 e. The first kappa shape index (κ1) is 14.3. The molecule has 4 heteroatoms. The first-order valence-electron chi connectivity index (χ1n) is 6.59. The van der Waals surface area contributed by atoms with Gasteiger partial charge in [-0.05, 0) is 42.8 Å². The van der Waals surface area contributed by atoms with Crippen LogP contribution in [0.1, 0.15) is 5.56 Å². The van der Waals surface area contributed by atoms with Crippen molar-refractivity contribution in [3.05, 3.63) is 59.9 Å². The second kappa shape index (κ2) is 7.50. The second-order valence-corrected chi connectivity index (χ2v) is 4.31. The van der Waals surface area contributed by atoms with E-state index in [-0.39, 0.29) is 11.6 Å². The maximum absolute atomic E-state index is 13.7. The number of benzene rings is 2. The molecule has 2 aromatic rings. The largest absolute Gasteiger partial charge is 0.490 e. The molecule has 0 bridgehead atoms. The van der Waals surface area contributed by atoms with Gasteiger partial charge in [0.15, 0.2) is 11.6 Å². The van der Waals surface area contributed by atoms with Crippen LogP contribution in [0.5, 0.6) is 11.5 Å². The van der Waals surface area contributed by atoms with Crippen LogP contribution in [0.3, 0.4) is 0 Å². The van der Waals surface area contributed by atoms with Crippen molar-refractivity contribution in [2.24, 2.45) is 5.73 Å². The molecule has 0 atom stereocenters. The van der Waals surface area contributed by atoms with E-state index in [9.17, 15) is 4.39 Å². The minimum absolute atomic E-state index is 0.238. The van der Waals surface area contributed by atoms with E-state index < -0.39 is 0 Å². The Balaban J connectivity index is 1.79. The molecule has 106 valence electrons. The summed E-state index contributed by atoms with van der Waals surface area (Å²) < 4.78 is 24.5. The lowest BCUT2D eigenvalue weighted by Gasteiger charge is -2.09. The maximum atomic E-state index is 13.7. The van der Waals surface area contributed by atoms with Gasteiger partial charge < -0.3 is 15.2 Å². The molecular formula is C16H18FNO2. The van der Waals surface area contributed by atoms with E-state index in [4.69, 9.17) is 15.2 Å². The minimum Gasteiger partial charge on any atom is -0.490 e. The molecule has 0 heterocycles. The summed E-state index contributed by atoms with van der Waals surface area (Å²) in [4.78, 5) is 0. The van der Waals surface area contributed by atoms with Gasteiger partial charge in [0.25, 0.3) is 0 Å². The molecule has 0 spiro atoms. The van der Waals surface area contributed by atoms with E-state index in [1.54, 1.807) is 6.07 Å². The van der Waals surface area contributed by atoms with Gasteiger partial charge in [0.05, 0.1) is 0 Å². The van der Waals surface area contributed by atoms with E-state index in [1.165, 1.54) is 6.07 Å². The van der Waals surface area contributed by atoms with E-state index in [2.05, 4.69) is 0 Å². The summed E-state index contributed by atoms with van der Waals surface area (Å²) in [5.74, 6) is 0.646. The van der Waals surface area contributed by atoms with Crippen LogP contribution in [0.25, 0.3) is 0 Å². The molecule has 0 fully saturated rings. The van der Waals surface area contributed by atoms with E-state index in [0.29, 0.717) is 26.2 Å². The molecule has 0 saturated heterocycles. The fourth-order valence-corrected chi connectivity index (χ4v) is 1.81. The molecule has 0 aliphatic heterocycles. The zero-order chi connectivity index (χ0) is 14.2. The van der Waals surface area contributed by atoms with E-state index in [0.717, 1.165) is 11.3 Å². The molecule has 2 N–H and O–H groups in total. The highest BCUT2D eigenvalue weighted by Crippen LogP contribution is 2.18. The predicted molar refractivity (Wildman–Crippen MR) is 76.6 cm³/mol. The average molecular weight is 275 g/mol. The summed E-state index contributed by atoms with van der Waals surface area (Å²) in [6, 6.07) is 14.3. The van der Waals surface area contributed by atoms with Crippen molar-refractivity contribution in [2.45, 2.75) is 6.42 Å². The van der Waals surface area contributed by atoms with Crippen molar-refractivity contribution in [2.75, 3.05) is 19.8 Å². The highest BCUT2D eigenvalue weighted by Gasteiger charge is 2.04. The molecule has 20 heavy (non-hydrogen) atoms. The topological polar surface area (TPSA) is 44.5 Å². The molecule has 0 aliphatic carbocycles. The summed E-state index contributed by atoms with van der Waals surface area (Å²) in [6.45, 7) is 1.17. The van der Waals surface area contributed by atoms with Crippen LogP contribution in [0.4, 0.5) is 4.39 Å². The number of para-hydroxylation sites is 1. The van der Waals surface area contributed by atoms with Gasteiger partial charge in [-0.1, -0.05) is 24.3 Å². The second-order valence-electron chi connectivity index (χ2n) is 4.31.